The Balaban J connectivity index is 2.32. The number of para-hydroxylation sites is 1. The minimum absolute atomic E-state index is 0.0757. The first-order valence-corrected chi connectivity index (χ1v) is 7.74. The van der Waals surface area contributed by atoms with Crippen molar-refractivity contribution in [3.63, 3.8) is 0 Å². The molecule has 1 aromatic heterocycles. The van der Waals surface area contributed by atoms with Crippen molar-refractivity contribution in [3.05, 3.63) is 24.3 Å². The molecule has 2 N–H and O–H groups in total. The predicted octanol–water partition coefficient (Wildman–Crippen LogP) is 1.85. The summed E-state index contributed by atoms with van der Waals surface area (Å²) in [5, 5.41) is 7.25. The molecule has 0 aliphatic carbocycles. The molecule has 1 heterocycles. The van der Waals surface area contributed by atoms with E-state index in [0.29, 0.717) is 12.5 Å². The maximum Gasteiger partial charge on any atom is 0.224 e. The molecule has 19 heavy (non-hydrogen) atoms. The van der Waals surface area contributed by atoms with Crippen molar-refractivity contribution in [2.45, 2.75) is 12.2 Å². The summed E-state index contributed by atoms with van der Waals surface area (Å²) in [6.07, 6.45) is 1.71. The molecule has 2 unspecified atom stereocenters. The van der Waals surface area contributed by atoms with Crippen LogP contribution in [0.4, 0.5) is 11.8 Å². The van der Waals surface area contributed by atoms with Crippen LogP contribution in [0.2, 0.25) is 0 Å². The van der Waals surface area contributed by atoms with Crippen molar-refractivity contribution in [2.75, 3.05) is 30.5 Å². The molecule has 0 spiro atoms. The Hall–Kier alpha value is -1.69. The number of nitrogens with one attached hydrogen (secondary N) is 2. The molecule has 2 rings (SSSR count). The summed E-state index contributed by atoms with van der Waals surface area (Å²) in [5.41, 5.74) is 0.884. The smallest absolute Gasteiger partial charge is 0.224 e. The topological polar surface area (TPSA) is 66.9 Å². The van der Waals surface area contributed by atoms with Crippen molar-refractivity contribution in [1.29, 1.82) is 0 Å². The van der Waals surface area contributed by atoms with Gasteiger partial charge in [0, 0.05) is 41.3 Å². The Kier molecular flexibility index (Phi) is 4.31. The first kappa shape index (κ1) is 13.7. The number of benzene rings is 1. The van der Waals surface area contributed by atoms with Gasteiger partial charge in [0.25, 0.3) is 0 Å². The van der Waals surface area contributed by atoms with Gasteiger partial charge in [-0.25, -0.2) is 4.98 Å². The monoisotopic (exact) mass is 278 g/mol. The van der Waals surface area contributed by atoms with Gasteiger partial charge in [-0.15, -0.1) is 0 Å². The van der Waals surface area contributed by atoms with Crippen molar-refractivity contribution >= 4 is 33.5 Å². The van der Waals surface area contributed by atoms with Gasteiger partial charge in [0.15, 0.2) is 0 Å². The summed E-state index contributed by atoms with van der Waals surface area (Å²) in [4.78, 5) is 8.81. The summed E-state index contributed by atoms with van der Waals surface area (Å²) < 4.78 is 11.4. The lowest BCUT2D eigenvalue weighted by atomic mass is 10.2. The molecular weight excluding hydrogens is 260 g/mol. The van der Waals surface area contributed by atoms with Gasteiger partial charge in [0.1, 0.15) is 5.82 Å². The fraction of sp³-hybridized carbons (Fsp3) is 0.385. The van der Waals surface area contributed by atoms with Gasteiger partial charge >= 0.3 is 0 Å². The van der Waals surface area contributed by atoms with Crippen LogP contribution in [0, 0.1) is 0 Å². The van der Waals surface area contributed by atoms with Crippen LogP contribution in [0.25, 0.3) is 10.9 Å². The van der Waals surface area contributed by atoms with Gasteiger partial charge in [-0.1, -0.05) is 12.1 Å². The van der Waals surface area contributed by atoms with Crippen LogP contribution in [-0.4, -0.2) is 39.3 Å². The second kappa shape index (κ2) is 5.97. The number of fused-ring (bicyclic) bond motifs is 1. The van der Waals surface area contributed by atoms with E-state index in [1.165, 1.54) is 0 Å². The molecule has 5 nitrogen and oxygen atoms in total. The highest BCUT2D eigenvalue weighted by molar-refractivity contribution is 7.84. The molecule has 0 aliphatic rings. The summed E-state index contributed by atoms with van der Waals surface area (Å²) >= 11 is 0. The molecule has 2 aromatic rings. The summed E-state index contributed by atoms with van der Waals surface area (Å²) in [5.74, 6) is 1.35. The first-order valence-electron chi connectivity index (χ1n) is 6.12. The van der Waals surface area contributed by atoms with Gasteiger partial charge in [-0.3, -0.25) is 4.21 Å². The number of hydrogen-bond donors (Lipinski definition) is 2. The summed E-state index contributed by atoms with van der Waals surface area (Å²) in [6.45, 7) is 2.57. The van der Waals surface area contributed by atoms with Gasteiger partial charge in [0.05, 0.1) is 5.52 Å². The highest BCUT2D eigenvalue weighted by atomic mass is 32.2. The minimum atomic E-state index is -0.846. The average molecular weight is 278 g/mol. The van der Waals surface area contributed by atoms with E-state index in [1.54, 1.807) is 13.3 Å². The SMILES string of the molecule is CNc1nc(NCC(C)S(C)=O)c2ccccc2n1. The second-order valence-corrected chi connectivity index (χ2v) is 6.16. The van der Waals surface area contributed by atoms with Gasteiger partial charge in [-0.2, -0.15) is 4.98 Å². The number of hydrogen-bond acceptors (Lipinski definition) is 5. The Morgan fingerprint density at radius 1 is 1.32 bits per heavy atom. The average Bonchev–Trinajstić information content (AvgIpc) is 2.43. The van der Waals surface area contributed by atoms with E-state index in [-0.39, 0.29) is 5.25 Å². The molecule has 6 heteroatoms. The van der Waals surface area contributed by atoms with E-state index in [2.05, 4.69) is 20.6 Å². The van der Waals surface area contributed by atoms with Crippen molar-refractivity contribution in [3.8, 4) is 0 Å². The quantitative estimate of drug-likeness (QED) is 0.873. The fourth-order valence-electron chi connectivity index (χ4n) is 1.68. The van der Waals surface area contributed by atoms with Crippen molar-refractivity contribution in [2.24, 2.45) is 0 Å². The third-order valence-corrected chi connectivity index (χ3v) is 4.25. The molecule has 0 saturated heterocycles. The third kappa shape index (κ3) is 3.20. The zero-order valence-electron chi connectivity index (χ0n) is 11.3. The molecule has 2 atom stereocenters. The molecule has 0 bridgehead atoms. The Morgan fingerprint density at radius 3 is 2.74 bits per heavy atom. The minimum Gasteiger partial charge on any atom is -0.368 e. The fourth-order valence-corrected chi connectivity index (χ4v) is 2.00. The lowest BCUT2D eigenvalue weighted by molar-refractivity contribution is 0.679. The Morgan fingerprint density at radius 2 is 2.05 bits per heavy atom. The highest BCUT2D eigenvalue weighted by Gasteiger charge is 2.09. The molecule has 0 saturated carbocycles. The highest BCUT2D eigenvalue weighted by Crippen LogP contribution is 2.21. The predicted molar refractivity (Wildman–Crippen MR) is 81.1 cm³/mol. The number of nitrogens with zero attached hydrogens (tertiary/aromatic N) is 2. The van der Waals surface area contributed by atoms with Gasteiger partial charge in [-0.05, 0) is 19.1 Å². The normalized spacial score (nSPS) is 14.1. The van der Waals surface area contributed by atoms with E-state index in [0.717, 1.165) is 16.7 Å². The van der Waals surface area contributed by atoms with Crippen LogP contribution in [0.5, 0.6) is 0 Å². The third-order valence-electron chi connectivity index (χ3n) is 2.95. The van der Waals surface area contributed by atoms with Crippen molar-refractivity contribution < 1.29 is 4.21 Å². The Labute approximate surface area is 115 Å². The largest absolute Gasteiger partial charge is 0.368 e. The molecule has 0 aliphatic heterocycles. The van der Waals surface area contributed by atoms with Crippen LogP contribution in [0.15, 0.2) is 24.3 Å². The molecule has 0 radical (unpaired) electrons. The number of rotatable bonds is 5. The molecule has 1 aromatic carbocycles. The van der Waals surface area contributed by atoms with Gasteiger partial charge < -0.3 is 10.6 Å². The van der Waals surface area contributed by atoms with E-state index in [4.69, 9.17) is 0 Å². The number of anilines is 2. The lowest BCUT2D eigenvalue weighted by Crippen LogP contribution is -2.21. The van der Waals surface area contributed by atoms with E-state index in [9.17, 15) is 4.21 Å². The second-order valence-electron chi connectivity index (χ2n) is 4.35. The first-order chi connectivity index (χ1) is 9.11. The number of aromatic nitrogens is 2. The van der Waals surface area contributed by atoms with Crippen LogP contribution in [0.1, 0.15) is 6.92 Å². The molecule has 0 amide bonds. The summed E-state index contributed by atoms with van der Waals surface area (Å²) in [7, 11) is 0.943. The Bertz CT molecular complexity index is 602. The maximum atomic E-state index is 11.4. The summed E-state index contributed by atoms with van der Waals surface area (Å²) in [6, 6.07) is 7.83. The van der Waals surface area contributed by atoms with E-state index < -0.39 is 10.8 Å². The van der Waals surface area contributed by atoms with E-state index in [1.807, 2.05) is 31.2 Å². The lowest BCUT2D eigenvalue weighted by Gasteiger charge is -2.13. The van der Waals surface area contributed by atoms with Crippen LogP contribution in [0.3, 0.4) is 0 Å². The molecule has 0 fully saturated rings. The van der Waals surface area contributed by atoms with Gasteiger partial charge in [0.2, 0.25) is 5.95 Å². The van der Waals surface area contributed by atoms with Crippen LogP contribution < -0.4 is 10.6 Å². The standard InChI is InChI=1S/C13H18N4OS/c1-9(19(3)18)8-15-12-10-6-4-5-7-11(10)16-13(14-2)17-12/h4-7,9H,8H2,1-3H3,(H2,14,15,16,17). The maximum absolute atomic E-state index is 11.4. The van der Waals surface area contributed by atoms with Crippen molar-refractivity contribution in [1.82, 2.24) is 9.97 Å². The van der Waals surface area contributed by atoms with Crippen LogP contribution >= 0.6 is 0 Å². The zero-order chi connectivity index (χ0) is 13.8. The molecular formula is C13H18N4OS. The van der Waals surface area contributed by atoms with Crippen LogP contribution in [-0.2, 0) is 10.8 Å². The van der Waals surface area contributed by atoms with E-state index >= 15 is 0 Å². The molecule has 102 valence electrons. The zero-order valence-corrected chi connectivity index (χ0v) is 12.1.